The smallest absolute Gasteiger partial charge is 0.252 e. The predicted octanol–water partition coefficient (Wildman–Crippen LogP) is 1.91. The quantitative estimate of drug-likeness (QED) is 0.325. The Balaban J connectivity index is 1.46. The monoisotopic (exact) mass is 391 g/mol. The number of carbonyl (C=O) groups is 1. The van der Waals surface area contributed by atoms with Crippen LogP contribution in [-0.4, -0.2) is 58.9 Å². The third-order valence-corrected chi connectivity index (χ3v) is 4.29. The lowest BCUT2D eigenvalue weighted by atomic mass is 10.2. The molecular weight excluding hydrogens is 366 g/mol. The second-order valence-corrected chi connectivity index (χ2v) is 6.44. The number of nitrogens with one attached hydrogen (secondary N) is 3. The summed E-state index contributed by atoms with van der Waals surface area (Å²) in [4.78, 5) is 30.0. The van der Waals surface area contributed by atoms with Gasteiger partial charge in [-0.05, 0) is 17.7 Å². The van der Waals surface area contributed by atoms with E-state index in [4.69, 9.17) is 0 Å². The molecule has 0 fully saturated rings. The average Bonchev–Trinajstić information content (AvgIpc) is 3.23. The zero-order chi connectivity index (χ0) is 20.5. The molecule has 8 nitrogen and oxygen atoms in total. The summed E-state index contributed by atoms with van der Waals surface area (Å²) in [5.41, 5.74) is 2.62. The molecule has 0 radical (unpaired) electrons. The molecule has 3 rings (SSSR count). The molecule has 2 aromatic heterocycles. The van der Waals surface area contributed by atoms with Gasteiger partial charge in [0, 0.05) is 39.6 Å². The molecule has 0 atom stereocenters. The minimum atomic E-state index is -0.146. The highest BCUT2D eigenvalue weighted by atomic mass is 16.1. The maximum atomic E-state index is 12.0. The van der Waals surface area contributed by atoms with E-state index in [-0.39, 0.29) is 5.91 Å². The van der Waals surface area contributed by atoms with Crippen molar-refractivity contribution in [1.29, 1.82) is 0 Å². The Bertz CT molecular complexity index is 938. The number of aromatic nitrogens is 3. The molecule has 3 N–H and O–H groups in total. The average molecular weight is 391 g/mol. The summed E-state index contributed by atoms with van der Waals surface area (Å²) in [7, 11) is 3.67. The van der Waals surface area contributed by atoms with E-state index >= 15 is 0 Å². The van der Waals surface area contributed by atoms with E-state index in [1.54, 1.807) is 31.6 Å². The minimum absolute atomic E-state index is 0.146. The van der Waals surface area contributed by atoms with Gasteiger partial charge in [-0.3, -0.25) is 14.8 Å². The van der Waals surface area contributed by atoms with E-state index in [1.807, 2.05) is 48.5 Å². The Hall–Kier alpha value is -3.68. The first-order chi connectivity index (χ1) is 14.2. The van der Waals surface area contributed by atoms with Crippen molar-refractivity contribution in [2.45, 2.75) is 6.54 Å². The predicted molar refractivity (Wildman–Crippen MR) is 113 cm³/mol. The molecule has 0 saturated carbocycles. The summed E-state index contributed by atoms with van der Waals surface area (Å²) in [6.45, 7) is 1.60. The van der Waals surface area contributed by atoms with E-state index in [0.717, 1.165) is 23.0 Å². The number of hydrogen-bond donors (Lipinski definition) is 3. The fourth-order valence-corrected chi connectivity index (χ4v) is 2.84. The molecule has 0 bridgehead atoms. The van der Waals surface area contributed by atoms with Gasteiger partial charge < -0.3 is 20.5 Å². The van der Waals surface area contributed by atoms with Crippen LogP contribution < -0.4 is 10.6 Å². The molecular formula is C21H25N7O. The van der Waals surface area contributed by atoms with Crippen molar-refractivity contribution in [3.63, 3.8) is 0 Å². The van der Waals surface area contributed by atoms with Gasteiger partial charge in [-0.2, -0.15) is 0 Å². The number of imidazole rings is 1. The van der Waals surface area contributed by atoms with Crippen LogP contribution in [0.5, 0.6) is 0 Å². The fourth-order valence-electron chi connectivity index (χ4n) is 2.84. The van der Waals surface area contributed by atoms with Crippen LogP contribution in [0.2, 0.25) is 0 Å². The highest BCUT2D eigenvalue weighted by Gasteiger charge is 2.10. The minimum Gasteiger partial charge on any atom is -0.354 e. The Labute approximate surface area is 170 Å². The fraction of sp³-hybridized carbons (Fsp3) is 0.238. The molecule has 0 aliphatic heterocycles. The van der Waals surface area contributed by atoms with E-state index in [1.165, 1.54) is 0 Å². The van der Waals surface area contributed by atoms with Crippen LogP contribution in [0.4, 0.5) is 0 Å². The molecule has 0 aliphatic rings. The third kappa shape index (κ3) is 5.65. The highest BCUT2D eigenvalue weighted by molar-refractivity contribution is 5.93. The van der Waals surface area contributed by atoms with Crippen molar-refractivity contribution in [2.24, 2.45) is 4.99 Å². The molecule has 2 heterocycles. The first-order valence-corrected chi connectivity index (χ1v) is 9.36. The number of nitrogens with zero attached hydrogens (tertiary/aromatic N) is 4. The number of carbonyl (C=O) groups excluding carboxylic acids is 1. The molecule has 0 saturated heterocycles. The number of pyridine rings is 1. The van der Waals surface area contributed by atoms with Crippen LogP contribution >= 0.6 is 0 Å². The van der Waals surface area contributed by atoms with Crippen molar-refractivity contribution in [1.82, 2.24) is 30.5 Å². The molecule has 8 heteroatoms. The summed E-state index contributed by atoms with van der Waals surface area (Å²) in [5.74, 6) is 1.42. The summed E-state index contributed by atoms with van der Waals surface area (Å²) < 4.78 is 0. The molecule has 0 spiro atoms. The number of amides is 1. The van der Waals surface area contributed by atoms with Crippen LogP contribution in [0.15, 0.2) is 66.0 Å². The Morgan fingerprint density at radius 1 is 1.10 bits per heavy atom. The molecule has 0 unspecified atom stereocenters. The normalized spacial score (nSPS) is 11.2. The topological polar surface area (TPSA) is 98.3 Å². The van der Waals surface area contributed by atoms with Crippen molar-refractivity contribution in [3.8, 4) is 11.3 Å². The lowest BCUT2D eigenvalue weighted by molar-refractivity contribution is 0.0954. The van der Waals surface area contributed by atoms with Crippen molar-refractivity contribution in [2.75, 3.05) is 27.2 Å². The van der Waals surface area contributed by atoms with Crippen LogP contribution in [0, 0.1) is 0 Å². The molecule has 29 heavy (non-hydrogen) atoms. The first kappa shape index (κ1) is 20.1. The molecule has 1 amide bonds. The summed E-state index contributed by atoms with van der Waals surface area (Å²) in [5, 5.41) is 6.09. The van der Waals surface area contributed by atoms with Gasteiger partial charge in [0.1, 0.15) is 5.82 Å². The molecule has 150 valence electrons. The molecule has 0 aliphatic carbocycles. The van der Waals surface area contributed by atoms with Crippen molar-refractivity contribution in [3.05, 3.63) is 72.4 Å². The highest BCUT2D eigenvalue weighted by Crippen LogP contribution is 2.16. The second-order valence-electron chi connectivity index (χ2n) is 6.44. The summed E-state index contributed by atoms with van der Waals surface area (Å²) in [6, 6.07) is 13.5. The number of aliphatic imine (C=N–C) groups is 1. The number of H-pyrrole nitrogens is 1. The van der Waals surface area contributed by atoms with E-state index < -0.39 is 0 Å². The molecule has 1 aromatic carbocycles. The van der Waals surface area contributed by atoms with Crippen molar-refractivity contribution < 1.29 is 4.79 Å². The van der Waals surface area contributed by atoms with Gasteiger partial charge in [-0.25, -0.2) is 4.98 Å². The standard InChI is InChI=1S/C21H25N7O/c1-22-21(25-12-11-24-20(29)17-9-6-10-23-13-17)28(2)15-19-26-14-18(27-19)16-7-4-3-5-8-16/h3-10,13-14H,11-12,15H2,1-2H3,(H,22,25)(H,24,29)(H,26,27). The number of guanidine groups is 1. The van der Waals surface area contributed by atoms with Crippen LogP contribution in [0.3, 0.4) is 0 Å². The van der Waals surface area contributed by atoms with Gasteiger partial charge in [0.15, 0.2) is 5.96 Å². The van der Waals surface area contributed by atoms with Gasteiger partial charge in [0.05, 0.1) is 24.0 Å². The van der Waals surface area contributed by atoms with Gasteiger partial charge in [0.25, 0.3) is 5.91 Å². The second kappa shape index (κ2) is 10.0. The third-order valence-electron chi connectivity index (χ3n) is 4.29. The Morgan fingerprint density at radius 3 is 2.62 bits per heavy atom. The van der Waals surface area contributed by atoms with Gasteiger partial charge >= 0.3 is 0 Å². The zero-order valence-corrected chi connectivity index (χ0v) is 16.6. The largest absolute Gasteiger partial charge is 0.354 e. The number of rotatable bonds is 7. The van der Waals surface area contributed by atoms with Crippen LogP contribution in [-0.2, 0) is 6.54 Å². The maximum Gasteiger partial charge on any atom is 0.252 e. The maximum absolute atomic E-state index is 12.0. The van der Waals surface area contributed by atoms with Gasteiger partial charge in [-0.15, -0.1) is 0 Å². The van der Waals surface area contributed by atoms with Gasteiger partial charge in [-0.1, -0.05) is 30.3 Å². The van der Waals surface area contributed by atoms with E-state index in [9.17, 15) is 4.79 Å². The Kier molecular flexibility index (Phi) is 6.94. The SMILES string of the molecule is CN=C(NCCNC(=O)c1cccnc1)N(C)Cc1ncc(-c2ccccc2)[nH]1. The number of hydrogen-bond acceptors (Lipinski definition) is 4. The van der Waals surface area contributed by atoms with Gasteiger partial charge in [0.2, 0.25) is 0 Å². The lowest BCUT2D eigenvalue weighted by Crippen LogP contribution is -2.42. The van der Waals surface area contributed by atoms with Crippen LogP contribution in [0.1, 0.15) is 16.2 Å². The Morgan fingerprint density at radius 2 is 1.90 bits per heavy atom. The van der Waals surface area contributed by atoms with Crippen LogP contribution in [0.25, 0.3) is 11.3 Å². The van der Waals surface area contributed by atoms with E-state index in [2.05, 4.69) is 30.6 Å². The summed E-state index contributed by atoms with van der Waals surface area (Å²) in [6.07, 6.45) is 5.02. The lowest BCUT2D eigenvalue weighted by Gasteiger charge is -2.21. The number of benzene rings is 1. The number of aromatic amines is 1. The molecule has 3 aromatic rings. The van der Waals surface area contributed by atoms with Crippen molar-refractivity contribution >= 4 is 11.9 Å². The zero-order valence-electron chi connectivity index (χ0n) is 16.6. The first-order valence-electron chi connectivity index (χ1n) is 9.36. The summed E-state index contributed by atoms with van der Waals surface area (Å²) >= 11 is 0. The van der Waals surface area contributed by atoms with E-state index in [0.29, 0.717) is 25.2 Å².